The van der Waals surface area contributed by atoms with Crippen molar-refractivity contribution in [2.75, 3.05) is 19.8 Å². The smallest absolute Gasteiger partial charge is 0.288 e. The third kappa shape index (κ3) is 3.31. The van der Waals surface area contributed by atoms with Crippen LogP contribution in [0.1, 0.15) is 23.2 Å². The summed E-state index contributed by atoms with van der Waals surface area (Å²) in [6, 6.07) is 4.04. The number of nitrogens with one attached hydrogen (secondary N) is 1. The summed E-state index contributed by atoms with van der Waals surface area (Å²) in [6.07, 6.45) is 0.948. The summed E-state index contributed by atoms with van der Waals surface area (Å²) in [5, 5.41) is 22.9. The van der Waals surface area contributed by atoms with Crippen LogP contribution in [-0.2, 0) is 4.74 Å². The van der Waals surface area contributed by atoms with Crippen LogP contribution >= 0.6 is 11.6 Å². The fraction of sp³-hybridized carbons (Fsp3) is 0.462. The fourth-order valence-corrected chi connectivity index (χ4v) is 2.51. The molecule has 1 aromatic rings. The Kier molecular flexibility index (Phi) is 4.76. The summed E-state index contributed by atoms with van der Waals surface area (Å²) in [4.78, 5) is 22.5. The third-order valence-electron chi connectivity index (χ3n) is 3.55. The van der Waals surface area contributed by atoms with Gasteiger partial charge in [0.2, 0.25) is 0 Å². The molecule has 114 valence electrons. The van der Waals surface area contributed by atoms with Gasteiger partial charge in [0, 0.05) is 19.3 Å². The quantitative estimate of drug-likeness (QED) is 0.648. The van der Waals surface area contributed by atoms with Crippen molar-refractivity contribution in [2.45, 2.75) is 18.4 Å². The monoisotopic (exact) mass is 314 g/mol. The van der Waals surface area contributed by atoms with E-state index in [0.717, 1.165) is 0 Å². The molecule has 0 saturated carbocycles. The second kappa shape index (κ2) is 6.38. The van der Waals surface area contributed by atoms with Gasteiger partial charge < -0.3 is 15.2 Å². The van der Waals surface area contributed by atoms with Crippen molar-refractivity contribution in [3.63, 3.8) is 0 Å². The maximum Gasteiger partial charge on any atom is 0.288 e. The van der Waals surface area contributed by atoms with Gasteiger partial charge in [-0.15, -0.1) is 0 Å². The van der Waals surface area contributed by atoms with Crippen molar-refractivity contribution in [1.82, 2.24) is 5.32 Å². The zero-order chi connectivity index (χ0) is 15.5. The van der Waals surface area contributed by atoms with E-state index in [1.807, 2.05) is 0 Å². The molecule has 1 amide bonds. The molecule has 0 aromatic heterocycles. The van der Waals surface area contributed by atoms with Gasteiger partial charge in [-0.3, -0.25) is 14.9 Å². The summed E-state index contributed by atoms with van der Waals surface area (Å²) in [5.41, 5.74) is -1.08. The number of aliphatic hydroxyl groups excluding tert-OH is 1. The fourth-order valence-electron chi connectivity index (χ4n) is 2.23. The number of nitro groups is 1. The van der Waals surface area contributed by atoms with Crippen LogP contribution in [0.3, 0.4) is 0 Å². The molecule has 0 aliphatic carbocycles. The first-order valence-corrected chi connectivity index (χ1v) is 6.81. The molecule has 1 aliphatic heterocycles. The molecule has 7 nitrogen and oxygen atoms in total. The van der Waals surface area contributed by atoms with E-state index in [1.54, 1.807) is 0 Å². The lowest BCUT2D eigenvalue weighted by Gasteiger charge is -2.36. The van der Waals surface area contributed by atoms with Gasteiger partial charge >= 0.3 is 0 Å². The molecular formula is C13H15ClN2O5. The van der Waals surface area contributed by atoms with Crippen molar-refractivity contribution in [3.05, 3.63) is 38.9 Å². The Balaban J connectivity index is 2.24. The first-order chi connectivity index (χ1) is 9.99. The summed E-state index contributed by atoms with van der Waals surface area (Å²) < 4.78 is 5.21. The Labute approximate surface area is 126 Å². The molecule has 2 rings (SSSR count). The van der Waals surface area contributed by atoms with Crippen LogP contribution in [0, 0.1) is 10.1 Å². The molecule has 1 heterocycles. The van der Waals surface area contributed by atoms with E-state index in [2.05, 4.69) is 5.32 Å². The molecule has 0 radical (unpaired) electrons. The summed E-state index contributed by atoms with van der Waals surface area (Å²) >= 11 is 5.92. The Bertz CT molecular complexity index is 557. The Morgan fingerprint density at radius 3 is 2.71 bits per heavy atom. The van der Waals surface area contributed by atoms with Gasteiger partial charge in [0.25, 0.3) is 11.6 Å². The lowest BCUT2D eigenvalue weighted by atomic mass is 9.90. The van der Waals surface area contributed by atoms with Crippen molar-refractivity contribution in [1.29, 1.82) is 0 Å². The summed E-state index contributed by atoms with van der Waals surface area (Å²) in [6.45, 7) is 0.641. The second-order valence-electron chi connectivity index (χ2n) is 4.90. The molecule has 21 heavy (non-hydrogen) atoms. The number of nitro benzene ring substituents is 1. The van der Waals surface area contributed by atoms with E-state index in [9.17, 15) is 20.0 Å². The Morgan fingerprint density at radius 2 is 2.14 bits per heavy atom. The highest BCUT2D eigenvalue weighted by Crippen LogP contribution is 2.29. The van der Waals surface area contributed by atoms with Crippen molar-refractivity contribution < 1.29 is 19.6 Å². The average Bonchev–Trinajstić information content (AvgIpc) is 2.48. The van der Waals surface area contributed by atoms with Gasteiger partial charge in [0.15, 0.2) is 0 Å². The van der Waals surface area contributed by atoms with E-state index in [1.165, 1.54) is 18.2 Å². The highest BCUT2D eigenvalue weighted by molar-refractivity contribution is 6.35. The molecule has 1 saturated heterocycles. The van der Waals surface area contributed by atoms with Crippen molar-refractivity contribution in [3.8, 4) is 0 Å². The SMILES string of the molecule is O=C(NC1(CO)CCOCC1)c1cccc([N+](=O)[O-])c1Cl. The van der Waals surface area contributed by atoms with Crippen LogP contribution < -0.4 is 5.32 Å². The highest BCUT2D eigenvalue weighted by Gasteiger charge is 2.34. The van der Waals surface area contributed by atoms with Crippen molar-refractivity contribution >= 4 is 23.2 Å². The van der Waals surface area contributed by atoms with Crippen LogP contribution in [-0.4, -0.2) is 41.3 Å². The number of ether oxygens (including phenoxy) is 1. The molecule has 2 N–H and O–H groups in total. The number of rotatable bonds is 4. The maximum absolute atomic E-state index is 12.3. The topological polar surface area (TPSA) is 102 Å². The van der Waals surface area contributed by atoms with Gasteiger partial charge in [0.05, 0.1) is 22.6 Å². The van der Waals surface area contributed by atoms with E-state index < -0.39 is 16.4 Å². The lowest BCUT2D eigenvalue weighted by Crippen LogP contribution is -2.54. The minimum absolute atomic E-state index is 0.0187. The zero-order valence-electron chi connectivity index (χ0n) is 11.2. The number of nitrogens with zero attached hydrogens (tertiary/aromatic N) is 1. The number of aliphatic hydroxyl groups is 1. The van der Waals surface area contributed by atoms with Crippen LogP contribution in [0.15, 0.2) is 18.2 Å². The Morgan fingerprint density at radius 1 is 1.48 bits per heavy atom. The predicted molar refractivity (Wildman–Crippen MR) is 75.4 cm³/mol. The number of hydrogen-bond acceptors (Lipinski definition) is 5. The molecule has 1 aliphatic rings. The molecule has 1 fully saturated rings. The van der Waals surface area contributed by atoms with Gasteiger partial charge in [-0.05, 0) is 18.9 Å². The second-order valence-corrected chi connectivity index (χ2v) is 5.28. The van der Waals surface area contributed by atoms with Gasteiger partial charge in [-0.25, -0.2) is 0 Å². The molecule has 1 aromatic carbocycles. The number of carbonyl (C=O) groups is 1. The average molecular weight is 315 g/mol. The van der Waals surface area contributed by atoms with Crippen LogP contribution in [0.2, 0.25) is 5.02 Å². The van der Waals surface area contributed by atoms with E-state index in [-0.39, 0.29) is 22.9 Å². The first-order valence-electron chi connectivity index (χ1n) is 6.43. The van der Waals surface area contributed by atoms with Crippen LogP contribution in [0.5, 0.6) is 0 Å². The molecule has 8 heteroatoms. The highest BCUT2D eigenvalue weighted by atomic mass is 35.5. The number of halogens is 1. The summed E-state index contributed by atoms with van der Waals surface area (Å²) in [7, 11) is 0. The number of benzene rings is 1. The first kappa shape index (κ1) is 15.7. The minimum atomic E-state index is -0.775. The summed E-state index contributed by atoms with van der Waals surface area (Å²) in [5.74, 6) is -0.542. The molecule has 0 spiro atoms. The van der Waals surface area contributed by atoms with Crippen molar-refractivity contribution in [2.24, 2.45) is 0 Å². The Hall–Kier alpha value is -1.70. The van der Waals surface area contributed by atoms with Crippen LogP contribution in [0.4, 0.5) is 5.69 Å². The molecule has 0 atom stereocenters. The third-order valence-corrected chi connectivity index (χ3v) is 3.95. The number of hydrogen-bond donors (Lipinski definition) is 2. The standard InChI is InChI=1S/C13H15ClN2O5/c14-11-9(2-1-3-10(11)16(19)20)12(18)15-13(8-17)4-6-21-7-5-13/h1-3,17H,4-8H2,(H,15,18). The van der Waals surface area contributed by atoms with E-state index in [4.69, 9.17) is 16.3 Å². The van der Waals surface area contributed by atoms with Gasteiger partial charge in [-0.1, -0.05) is 17.7 Å². The van der Waals surface area contributed by atoms with Gasteiger partial charge in [0.1, 0.15) is 5.02 Å². The maximum atomic E-state index is 12.3. The van der Waals surface area contributed by atoms with E-state index in [0.29, 0.717) is 26.1 Å². The predicted octanol–water partition coefficient (Wildman–Crippen LogP) is 1.52. The number of amides is 1. The van der Waals surface area contributed by atoms with Crippen LogP contribution in [0.25, 0.3) is 0 Å². The van der Waals surface area contributed by atoms with Gasteiger partial charge in [-0.2, -0.15) is 0 Å². The minimum Gasteiger partial charge on any atom is -0.394 e. The zero-order valence-corrected chi connectivity index (χ0v) is 11.9. The largest absolute Gasteiger partial charge is 0.394 e. The molecular weight excluding hydrogens is 300 g/mol. The number of carbonyl (C=O) groups excluding carboxylic acids is 1. The molecule has 0 bridgehead atoms. The molecule has 0 unspecified atom stereocenters. The van der Waals surface area contributed by atoms with E-state index >= 15 is 0 Å². The lowest BCUT2D eigenvalue weighted by molar-refractivity contribution is -0.384. The normalized spacial score (nSPS) is 17.2.